The Kier molecular flexibility index (Phi) is 3.32. The predicted octanol–water partition coefficient (Wildman–Crippen LogP) is 3.30. The summed E-state index contributed by atoms with van der Waals surface area (Å²) in [5.41, 5.74) is 8.60. The number of ether oxygens (including phenoxy) is 1. The van der Waals surface area contributed by atoms with Crippen molar-refractivity contribution in [3.63, 3.8) is 0 Å². The van der Waals surface area contributed by atoms with Gasteiger partial charge in [0, 0.05) is 11.8 Å². The first kappa shape index (κ1) is 12.9. The molecule has 1 heterocycles. The van der Waals surface area contributed by atoms with Crippen molar-refractivity contribution in [1.29, 1.82) is 5.41 Å². The normalized spacial score (nSPS) is 13.1. The van der Waals surface area contributed by atoms with Crippen molar-refractivity contribution in [2.24, 2.45) is 5.73 Å². The van der Waals surface area contributed by atoms with E-state index in [0.29, 0.717) is 11.3 Å². The van der Waals surface area contributed by atoms with Crippen LogP contribution in [0.3, 0.4) is 0 Å². The van der Waals surface area contributed by atoms with Gasteiger partial charge in [-0.15, -0.1) is 0 Å². The van der Waals surface area contributed by atoms with E-state index < -0.39 is 0 Å². The van der Waals surface area contributed by atoms with E-state index in [1.165, 1.54) is 23.7 Å². The average Bonchev–Trinajstić information content (AvgIpc) is 2.88. The van der Waals surface area contributed by atoms with Crippen LogP contribution in [0.1, 0.15) is 23.1 Å². The number of aromatic nitrogens is 1. The molecule has 2 aromatic rings. The van der Waals surface area contributed by atoms with Gasteiger partial charge in [-0.1, -0.05) is 17.7 Å². The van der Waals surface area contributed by atoms with Crippen LogP contribution >= 0.6 is 11.6 Å². The molecule has 1 aromatic heterocycles. The Morgan fingerprint density at radius 2 is 2.05 bits per heavy atom. The van der Waals surface area contributed by atoms with Gasteiger partial charge in [0.05, 0.1) is 0 Å². The molecule has 0 bridgehead atoms. The lowest BCUT2D eigenvalue weighted by atomic mass is 10.1. The van der Waals surface area contributed by atoms with Crippen LogP contribution in [0, 0.1) is 5.41 Å². The molecule has 0 saturated carbocycles. The summed E-state index contributed by atoms with van der Waals surface area (Å²) in [6.45, 7) is 0. The van der Waals surface area contributed by atoms with Crippen molar-refractivity contribution in [2.45, 2.75) is 19.3 Å². The maximum Gasteiger partial charge on any atom is 0.238 e. The van der Waals surface area contributed by atoms with Crippen LogP contribution in [-0.2, 0) is 12.8 Å². The van der Waals surface area contributed by atoms with Gasteiger partial charge in [0.2, 0.25) is 5.88 Å². The zero-order valence-electron chi connectivity index (χ0n) is 10.8. The molecule has 3 rings (SSSR count). The zero-order valence-corrected chi connectivity index (χ0v) is 11.6. The highest BCUT2D eigenvalue weighted by molar-refractivity contribution is 6.35. The Bertz CT molecular complexity index is 685. The Morgan fingerprint density at radius 3 is 2.85 bits per heavy atom. The number of nitrogen functional groups attached to an aromatic ring is 1. The predicted molar refractivity (Wildman–Crippen MR) is 78.8 cm³/mol. The quantitative estimate of drug-likeness (QED) is 0.672. The fourth-order valence-corrected chi connectivity index (χ4v) is 2.68. The molecule has 4 nitrogen and oxygen atoms in total. The summed E-state index contributed by atoms with van der Waals surface area (Å²) in [5.74, 6) is 0.884. The van der Waals surface area contributed by atoms with Gasteiger partial charge >= 0.3 is 0 Å². The molecule has 0 radical (unpaired) electrons. The van der Waals surface area contributed by atoms with Crippen LogP contribution in [-0.4, -0.2) is 10.8 Å². The van der Waals surface area contributed by atoms with Gasteiger partial charge in [-0.2, -0.15) is 0 Å². The van der Waals surface area contributed by atoms with Crippen molar-refractivity contribution >= 4 is 17.4 Å². The fraction of sp³-hybridized carbons (Fsp3) is 0.200. The number of nitrogens with two attached hydrogens (primary N) is 1. The standard InChI is InChI=1S/C15H14ClN3O/c16-13-12(14(17)18)6-7-19-15(13)20-11-5-4-9-2-1-3-10(9)8-11/h4-8H,1-3H2,(H3,17,18). The second kappa shape index (κ2) is 5.13. The number of hydrogen-bond donors (Lipinski definition) is 2. The van der Waals surface area contributed by atoms with Gasteiger partial charge in [-0.3, -0.25) is 5.41 Å². The first-order chi connectivity index (χ1) is 9.65. The molecule has 0 spiro atoms. The summed E-state index contributed by atoms with van der Waals surface area (Å²) >= 11 is 6.16. The van der Waals surface area contributed by atoms with Crippen molar-refractivity contribution < 1.29 is 4.74 Å². The molecule has 1 aromatic carbocycles. The monoisotopic (exact) mass is 287 g/mol. The van der Waals surface area contributed by atoms with Crippen LogP contribution in [0.5, 0.6) is 11.6 Å². The summed E-state index contributed by atoms with van der Waals surface area (Å²) in [6, 6.07) is 7.63. The Labute approximate surface area is 122 Å². The Morgan fingerprint density at radius 1 is 1.25 bits per heavy atom. The highest BCUT2D eigenvalue weighted by atomic mass is 35.5. The number of nitrogens with one attached hydrogen (secondary N) is 1. The van der Waals surface area contributed by atoms with Crippen molar-refractivity contribution in [1.82, 2.24) is 4.98 Å². The molecule has 0 unspecified atom stereocenters. The van der Waals surface area contributed by atoms with E-state index in [-0.39, 0.29) is 16.7 Å². The number of pyridine rings is 1. The van der Waals surface area contributed by atoms with Gasteiger partial charge in [0.25, 0.3) is 0 Å². The third-order valence-corrected chi connectivity index (χ3v) is 3.80. The maximum absolute atomic E-state index is 7.46. The topological polar surface area (TPSA) is 72.0 Å². The van der Waals surface area contributed by atoms with Crippen LogP contribution < -0.4 is 10.5 Å². The van der Waals surface area contributed by atoms with E-state index in [2.05, 4.69) is 11.1 Å². The highest BCUT2D eigenvalue weighted by Crippen LogP contribution is 2.32. The number of aryl methyl sites for hydroxylation is 2. The van der Waals surface area contributed by atoms with E-state index >= 15 is 0 Å². The third-order valence-electron chi connectivity index (χ3n) is 3.43. The van der Waals surface area contributed by atoms with Gasteiger partial charge in [-0.05, 0) is 48.6 Å². The molecule has 5 heteroatoms. The second-order valence-electron chi connectivity index (χ2n) is 4.78. The van der Waals surface area contributed by atoms with Crippen molar-refractivity contribution in [3.8, 4) is 11.6 Å². The second-order valence-corrected chi connectivity index (χ2v) is 5.16. The number of nitrogens with zero attached hydrogens (tertiary/aromatic N) is 1. The number of amidine groups is 1. The van der Waals surface area contributed by atoms with Crippen LogP contribution in [0.2, 0.25) is 5.02 Å². The smallest absolute Gasteiger partial charge is 0.238 e. The van der Waals surface area contributed by atoms with Crippen LogP contribution in [0.25, 0.3) is 0 Å². The Balaban J connectivity index is 1.92. The maximum atomic E-state index is 7.46. The summed E-state index contributed by atoms with van der Waals surface area (Å²) < 4.78 is 5.73. The summed E-state index contributed by atoms with van der Waals surface area (Å²) in [7, 11) is 0. The minimum atomic E-state index is -0.101. The highest BCUT2D eigenvalue weighted by Gasteiger charge is 2.14. The summed E-state index contributed by atoms with van der Waals surface area (Å²) in [4.78, 5) is 4.10. The molecule has 20 heavy (non-hydrogen) atoms. The van der Waals surface area contributed by atoms with E-state index in [0.717, 1.165) is 12.8 Å². The lowest BCUT2D eigenvalue weighted by Crippen LogP contribution is -2.12. The molecule has 0 amide bonds. The summed E-state index contributed by atoms with van der Waals surface area (Å²) in [6.07, 6.45) is 4.94. The van der Waals surface area contributed by atoms with Crippen molar-refractivity contribution in [2.75, 3.05) is 0 Å². The van der Waals surface area contributed by atoms with Gasteiger partial charge in [0.1, 0.15) is 16.6 Å². The molecule has 0 atom stereocenters. The average molecular weight is 288 g/mol. The molecule has 1 aliphatic rings. The number of rotatable bonds is 3. The van der Waals surface area contributed by atoms with Crippen LogP contribution in [0.15, 0.2) is 30.5 Å². The van der Waals surface area contributed by atoms with E-state index in [9.17, 15) is 0 Å². The van der Waals surface area contributed by atoms with Crippen molar-refractivity contribution in [3.05, 3.63) is 52.2 Å². The molecule has 1 aliphatic carbocycles. The van der Waals surface area contributed by atoms with Gasteiger partial charge in [0.15, 0.2) is 0 Å². The first-order valence-electron chi connectivity index (χ1n) is 6.43. The number of hydrogen-bond acceptors (Lipinski definition) is 3. The fourth-order valence-electron chi connectivity index (χ4n) is 2.43. The zero-order chi connectivity index (χ0) is 14.1. The molecular weight excluding hydrogens is 274 g/mol. The number of benzene rings is 1. The molecule has 0 fully saturated rings. The molecule has 0 saturated heterocycles. The number of fused-ring (bicyclic) bond motifs is 1. The largest absolute Gasteiger partial charge is 0.438 e. The first-order valence-corrected chi connectivity index (χ1v) is 6.81. The van der Waals surface area contributed by atoms with E-state index in [1.807, 2.05) is 12.1 Å². The molecule has 102 valence electrons. The minimum absolute atomic E-state index is 0.101. The molecule has 3 N–H and O–H groups in total. The van der Waals surface area contributed by atoms with E-state index in [4.69, 9.17) is 27.5 Å². The van der Waals surface area contributed by atoms with Gasteiger partial charge in [-0.25, -0.2) is 4.98 Å². The SMILES string of the molecule is N=C(N)c1ccnc(Oc2ccc3c(c2)CCC3)c1Cl. The minimum Gasteiger partial charge on any atom is -0.438 e. The van der Waals surface area contributed by atoms with E-state index in [1.54, 1.807) is 6.07 Å². The third kappa shape index (κ3) is 2.34. The Hall–Kier alpha value is -2.07. The summed E-state index contributed by atoms with van der Waals surface area (Å²) in [5, 5.41) is 7.73. The lowest BCUT2D eigenvalue weighted by molar-refractivity contribution is 0.462. The lowest BCUT2D eigenvalue weighted by Gasteiger charge is -2.10. The van der Waals surface area contributed by atoms with Gasteiger partial charge < -0.3 is 10.5 Å². The molecular formula is C15H14ClN3O. The molecule has 0 aliphatic heterocycles. The number of halogens is 1. The van der Waals surface area contributed by atoms with Crippen LogP contribution in [0.4, 0.5) is 0 Å².